The van der Waals surface area contributed by atoms with E-state index in [1.165, 1.54) is 12.1 Å². The Balaban J connectivity index is 1.36. The van der Waals surface area contributed by atoms with Gasteiger partial charge in [-0.3, -0.25) is 4.90 Å². The van der Waals surface area contributed by atoms with Crippen molar-refractivity contribution in [2.24, 2.45) is 0 Å². The Morgan fingerprint density at radius 2 is 1.92 bits per heavy atom. The lowest BCUT2D eigenvalue weighted by Gasteiger charge is -2.40. The highest BCUT2D eigenvalue weighted by atomic mass is 35.5. The van der Waals surface area contributed by atoms with Gasteiger partial charge in [-0.1, -0.05) is 22.9 Å². The Hall–Kier alpha value is -2.86. The van der Waals surface area contributed by atoms with Gasteiger partial charge in [0.15, 0.2) is 10.9 Å². The number of nitrogens with one attached hydrogen (secondary N) is 1. The average Bonchev–Trinajstić information content (AvgIpc) is 3.58. The number of hydrogen-bond donors (Lipinski definition) is 2. The van der Waals surface area contributed by atoms with Crippen molar-refractivity contribution in [1.29, 1.82) is 0 Å². The van der Waals surface area contributed by atoms with E-state index in [2.05, 4.69) is 25.1 Å². The van der Waals surface area contributed by atoms with Crippen LogP contribution < -0.4 is 20.7 Å². The SMILES string of the molecule is CNC1CN(c2nc(OCC34CCCN3CCC4)nc3c(F)c(-c4ccc(F)c5sc(N)nc45)c(Cl)cc23)C1. The van der Waals surface area contributed by atoms with Crippen molar-refractivity contribution >= 4 is 55.0 Å². The highest BCUT2D eigenvalue weighted by Gasteiger charge is 2.45. The molecule has 3 aliphatic heterocycles. The third-order valence-electron chi connectivity index (χ3n) is 8.49. The molecule has 0 spiro atoms. The predicted octanol–water partition coefficient (Wildman–Crippen LogP) is 4.84. The van der Waals surface area contributed by atoms with Crippen molar-refractivity contribution in [3.8, 4) is 17.1 Å². The molecular weight excluding hydrogens is 544 g/mol. The smallest absolute Gasteiger partial charge is 0.319 e. The van der Waals surface area contributed by atoms with Crippen LogP contribution in [0.2, 0.25) is 5.02 Å². The molecule has 39 heavy (non-hydrogen) atoms. The van der Waals surface area contributed by atoms with Gasteiger partial charge in [0.1, 0.15) is 23.8 Å². The molecule has 0 unspecified atom stereocenters. The number of aromatic nitrogens is 3. The summed E-state index contributed by atoms with van der Waals surface area (Å²) in [5.41, 5.74) is 6.71. The number of hydrogen-bond acceptors (Lipinski definition) is 9. The minimum atomic E-state index is -0.627. The maximum atomic E-state index is 16.5. The van der Waals surface area contributed by atoms with E-state index in [4.69, 9.17) is 27.1 Å². The summed E-state index contributed by atoms with van der Waals surface area (Å²) in [4.78, 5) is 18.2. The number of likely N-dealkylation sites (N-methyl/N-ethyl adjacent to an activating group) is 1. The molecule has 0 aliphatic carbocycles. The molecule has 204 valence electrons. The van der Waals surface area contributed by atoms with Crippen molar-refractivity contribution in [3.05, 3.63) is 34.9 Å². The number of nitrogen functional groups attached to an aromatic ring is 1. The van der Waals surface area contributed by atoms with Gasteiger partial charge in [0.05, 0.1) is 20.8 Å². The minimum absolute atomic E-state index is 0.000427. The second-order valence-electron chi connectivity index (χ2n) is 10.7. The van der Waals surface area contributed by atoms with Gasteiger partial charge < -0.3 is 20.7 Å². The van der Waals surface area contributed by atoms with Gasteiger partial charge in [-0.2, -0.15) is 9.97 Å². The summed E-state index contributed by atoms with van der Waals surface area (Å²) in [6.07, 6.45) is 4.45. The van der Waals surface area contributed by atoms with Crippen molar-refractivity contribution in [2.75, 3.05) is 50.5 Å². The first kappa shape index (κ1) is 25.1. The summed E-state index contributed by atoms with van der Waals surface area (Å²) in [6, 6.07) is 4.90. The van der Waals surface area contributed by atoms with Gasteiger partial charge >= 0.3 is 6.01 Å². The molecule has 0 bridgehead atoms. The van der Waals surface area contributed by atoms with Crippen LogP contribution in [0.15, 0.2) is 18.2 Å². The summed E-state index contributed by atoms with van der Waals surface area (Å²) in [5, 5.41) is 4.11. The van der Waals surface area contributed by atoms with E-state index in [1.807, 2.05) is 7.05 Å². The molecule has 0 radical (unpaired) electrons. The van der Waals surface area contributed by atoms with E-state index in [9.17, 15) is 4.39 Å². The van der Waals surface area contributed by atoms with E-state index < -0.39 is 11.6 Å². The van der Waals surface area contributed by atoms with Gasteiger partial charge in [0.2, 0.25) is 0 Å². The van der Waals surface area contributed by atoms with Gasteiger partial charge in [-0.05, 0) is 64.0 Å². The highest BCUT2D eigenvalue weighted by molar-refractivity contribution is 7.22. The molecule has 2 aromatic carbocycles. The van der Waals surface area contributed by atoms with Gasteiger partial charge in [0.25, 0.3) is 0 Å². The molecule has 3 N–H and O–H groups in total. The molecular formula is C27H28ClF2N7OS. The van der Waals surface area contributed by atoms with Crippen LogP contribution in [-0.2, 0) is 0 Å². The van der Waals surface area contributed by atoms with Gasteiger partial charge in [-0.15, -0.1) is 0 Å². The third-order valence-corrected chi connectivity index (χ3v) is 9.69. The summed E-state index contributed by atoms with van der Waals surface area (Å²) in [7, 11) is 1.92. The van der Waals surface area contributed by atoms with Crippen LogP contribution in [0.1, 0.15) is 25.7 Å². The molecule has 12 heteroatoms. The first-order valence-corrected chi connectivity index (χ1v) is 14.4. The highest BCUT2D eigenvalue weighted by Crippen LogP contribution is 2.43. The Morgan fingerprint density at radius 3 is 2.67 bits per heavy atom. The second-order valence-corrected chi connectivity index (χ2v) is 12.1. The second kappa shape index (κ2) is 9.36. The monoisotopic (exact) mass is 571 g/mol. The fourth-order valence-electron chi connectivity index (χ4n) is 6.40. The topological polar surface area (TPSA) is 92.4 Å². The van der Waals surface area contributed by atoms with Crippen LogP contribution in [0.25, 0.3) is 32.2 Å². The largest absolute Gasteiger partial charge is 0.461 e. The molecule has 4 aromatic rings. The molecule has 3 saturated heterocycles. The lowest BCUT2D eigenvalue weighted by Crippen LogP contribution is -2.57. The lowest BCUT2D eigenvalue weighted by molar-refractivity contribution is 0.108. The van der Waals surface area contributed by atoms with Crippen molar-refractivity contribution in [3.63, 3.8) is 0 Å². The zero-order valence-corrected chi connectivity index (χ0v) is 23.0. The van der Waals surface area contributed by atoms with Crippen LogP contribution >= 0.6 is 22.9 Å². The third kappa shape index (κ3) is 4.01. The average molecular weight is 572 g/mol. The Morgan fingerprint density at radius 1 is 1.15 bits per heavy atom. The van der Waals surface area contributed by atoms with E-state index in [1.54, 1.807) is 6.07 Å². The maximum Gasteiger partial charge on any atom is 0.319 e. The van der Waals surface area contributed by atoms with E-state index in [0.29, 0.717) is 29.4 Å². The number of anilines is 2. The first-order chi connectivity index (χ1) is 18.9. The Kier molecular flexibility index (Phi) is 6.03. The van der Waals surface area contributed by atoms with E-state index in [-0.39, 0.29) is 43.0 Å². The summed E-state index contributed by atoms with van der Waals surface area (Å²) in [6.45, 7) is 4.07. The summed E-state index contributed by atoms with van der Waals surface area (Å²) in [5.74, 6) is -0.509. The minimum Gasteiger partial charge on any atom is -0.461 e. The van der Waals surface area contributed by atoms with Crippen LogP contribution in [0.5, 0.6) is 6.01 Å². The molecule has 7 rings (SSSR count). The van der Waals surface area contributed by atoms with Crippen LogP contribution in [0.3, 0.4) is 0 Å². The van der Waals surface area contributed by atoms with Crippen LogP contribution in [-0.4, -0.2) is 71.3 Å². The number of rotatable bonds is 6. The number of halogens is 3. The standard InChI is InChI=1S/C27H28ClF2N7OS/c1-32-14-11-36(12-14)24-16-10-17(28)19(15-4-5-18(29)23-22(15)33-25(31)39-23)20(30)21(16)34-26(35-24)38-13-27-6-2-8-37(27)9-3-7-27/h4-5,10,14,32H,2-3,6-9,11-13H2,1H3,(H2,31,33). The molecule has 3 aliphatic rings. The number of nitrogens with two attached hydrogens (primary N) is 1. The number of benzene rings is 2. The summed E-state index contributed by atoms with van der Waals surface area (Å²) < 4.78 is 37.5. The Bertz CT molecular complexity index is 1600. The number of ether oxygens (including phenoxy) is 1. The molecule has 2 aromatic heterocycles. The molecule has 8 nitrogen and oxygen atoms in total. The molecule has 0 saturated carbocycles. The zero-order chi connectivity index (χ0) is 26.9. The number of thiazole rings is 1. The van der Waals surface area contributed by atoms with Gasteiger partial charge in [-0.25, -0.2) is 13.8 Å². The quantitative estimate of drug-likeness (QED) is 0.340. The van der Waals surface area contributed by atoms with E-state index in [0.717, 1.165) is 63.2 Å². The normalized spacial score (nSPS) is 19.2. The predicted molar refractivity (Wildman–Crippen MR) is 151 cm³/mol. The first-order valence-electron chi connectivity index (χ1n) is 13.2. The number of fused-ring (bicyclic) bond motifs is 3. The van der Waals surface area contributed by atoms with Crippen LogP contribution in [0.4, 0.5) is 19.7 Å². The summed E-state index contributed by atoms with van der Waals surface area (Å²) >= 11 is 7.73. The molecule has 0 atom stereocenters. The maximum absolute atomic E-state index is 16.5. The van der Waals surface area contributed by atoms with Crippen molar-refractivity contribution < 1.29 is 13.5 Å². The van der Waals surface area contributed by atoms with Crippen molar-refractivity contribution in [2.45, 2.75) is 37.3 Å². The lowest BCUT2D eigenvalue weighted by atomic mass is 9.95. The van der Waals surface area contributed by atoms with Crippen molar-refractivity contribution in [1.82, 2.24) is 25.2 Å². The number of nitrogens with zero attached hydrogens (tertiary/aromatic N) is 5. The zero-order valence-electron chi connectivity index (χ0n) is 21.4. The van der Waals surface area contributed by atoms with Gasteiger partial charge in [0, 0.05) is 35.6 Å². The molecule has 5 heterocycles. The van der Waals surface area contributed by atoms with Crippen LogP contribution in [0, 0.1) is 11.6 Å². The fraction of sp³-hybridized carbons (Fsp3) is 0.444. The Labute approximate surface area is 233 Å². The molecule has 0 amide bonds. The molecule has 3 fully saturated rings. The fourth-order valence-corrected chi connectivity index (χ4v) is 7.46. The van der Waals surface area contributed by atoms with E-state index >= 15 is 4.39 Å².